The maximum atomic E-state index is 12.2. The fraction of sp³-hybridized carbons (Fsp3) is 0.833. The largest absolute Gasteiger partial charge is 0.518 e. The predicted octanol–water partition coefficient (Wildman–Crippen LogP) is 2.86. The summed E-state index contributed by atoms with van der Waals surface area (Å²) in [5.41, 5.74) is 0. The van der Waals surface area contributed by atoms with Crippen LogP contribution < -0.4 is 5.32 Å². The molecule has 1 amide bonds. The van der Waals surface area contributed by atoms with Crippen molar-refractivity contribution in [2.75, 3.05) is 4.43 Å². The highest BCUT2D eigenvalue weighted by atomic mass is 127. The van der Waals surface area contributed by atoms with E-state index < -0.39 is 14.4 Å². The number of amides is 1. The zero-order valence-corrected chi connectivity index (χ0v) is 14.9. The van der Waals surface area contributed by atoms with Crippen LogP contribution in [0.15, 0.2) is 0 Å². The Labute approximate surface area is 125 Å². The van der Waals surface area contributed by atoms with E-state index in [-0.39, 0.29) is 11.9 Å². The first-order valence-corrected chi connectivity index (χ1v) is 10.6. The van der Waals surface area contributed by atoms with Crippen molar-refractivity contribution >= 4 is 42.8 Å². The summed E-state index contributed by atoms with van der Waals surface area (Å²) in [6.07, 6.45) is 0.626. The minimum Gasteiger partial charge on any atom is -0.518 e. The van der Waals surface area contributed by atoms with E-state index in [1.54, 1.807) is 0 Å². The van der Waals surface area contributed by atoms with Crippen LogP contribution in [0.1, 0.15) is 34.1 Å². The monoisotopic (exact) mass is 385 g/mol. The maximum absolute atomic E-state index is 12.2. The van der Waals surface area contributed by atoms with Gasteiger partial charge in [0.25, 0.3) is 8.32 Å². The standard InChI is InChI=1S/C12H24INO3Si/c1-5-18(6-2,7-3)17-12(16)11(8-9-13)14-10(4)15/h11H,5-9H2,1-4H3,(H,14,15)/t11-/m0/s1. The molecule has 106 valence electrons. The van der Waals surface area contributed by atoms with Gasteiger partial charge in [-0.05, 0) is 24.6 Å². The van der Waals surface area contributed by atoms with Gasteiger partial charge in [0, 0.05) is 11.4 Å². The number of carbonyl (C=O) groups excluding carboxylic acids is 2. The van der Waals surface area contributed by atoms with Crippen LogP contribution >= 0.6 is 22.6 Å². The molecule has 18 heavy (non-hydrogen) atoms. The lowest BCUT2D eigenvalue weighted by Crippen LogP contribution is -2.47. The SMILES string of the molecule is CC[Si](CC)(CC)OC(=O)[C@H](CCI)NC(C)=O. The van der Waals surface area contributed by atoms with Crippen LogP contribution in [0.3, 0.4) is 0 Å². The molecule has 0 aliphatic rings. The Morgan fingerprint density at radius 2 is 1.72 bits per heavy atom. The molecule has 0 saturated carbocycles. The van der Waals surface area contributed by atoms with Gasteiger partial charge in [-0.25, -0.2) is 0 Å². The normalized spacial score (nSPS) is 12.9. The van der Waals surface area contributed by atoms with Crippen LogP contribution in [0.2, 0.25) is 18.1 Å². The van der Waals surface area contributed by atoms with Gasteiger partial charge in [-0.1, -0.05) is 43.4 Å². The van der Waals surface area contributed by atoms with E-state index in [2.05, 4.69) is 48.7 Å². The summed E-state index contributed by atoms with van der Waals surface area (Å²) in [6.45, 7) is 7.67. The maximum Gasteiger partial charge on any atom is 0.315 e. The summed E-state index contributed by atoms with van der Waals surface area (Å²) >= 11 is 2.20. The average molecular weight is 385 g/mol. The van der Waals surface area contributed by atoms with E-state index >= 15 is 0 Å². The Kier molecular flexibility index (Phi) is 8.84. The quantitative estimate of drug-likeness (QED) is 0.397. The minimum absolute atomic E-state index is 0.182. The smallest absolute Gasteiger partial charge is 0.315 e. The number of rotatable bonds is 8. The van der Waals surface area contributed by atoms with Gasteiger partial charge in [0.1, 0.15) is 6.04 Å². The Morgan fingerprint density at radius 1 is 1.22 bits per heavy atom. The first-order chi connectivity index (χ1) is 8.44. The van der Waals surface area contributed by atoms with Gasteiger partial charge in [0.2, 0.25) is 5.91 Å². The molecule has 0 heterocycles. The molecule has 4 nitrogen and oxygen atoms in total. The topological polar surface area (TPSA) is 55.4 Å². The fourth-order valence-electron chi connectivity index (χ4n) is 1.85. The van der Waals surface area contributed by atoms with Gasteiger partial charge in [-0.3, -0.25) is 9.59 Å². The lowest BCUT2D eigenvalue weighted by atomic mass is 10.2. The Bertz CT molecular complexity index is 274. The molecule has 0 aromatic heterocycles. The molecular formula is C12H24INO3Si. The fourth-order valence-corrected chi connectivity index (χ4v) is 4.98. The van der Waals surface area contributed by atoms with E-state index in [0.29, 0.717) is 6.42 Å². The second-order valence-electron chi connectivity index (χ2n) is 4.40. The van der Waals surface area contributed by atoms with Crippen LogP contribution in [0.5, 0.6) is 0 Å². The zero-order chi connectivity index (χ0) is 14.2. The van der Waals surface area contributed by atoms with Crippen LogP contribution in [0, 0.1) is 0 Å². The van der Waals surface area contributed by atoms with E-state index in [1.165, 1.54) is 6.92 Å². The van der Waals surface area contributed by atoms with E-state index in [1.807, 2.05) is 0 Å². The third-order valence-electron chi connectivity index (χ3n) is 3.31. The van der Waals surface area contributed by atoms with E-state index in [0.717, 1.165) is 22.6 Å². The Balaban J connectivity index is 4.71. The molecule has 6 heteroatoms. The highest BCUT2D eigenvalue weighted by Crippen LogP contribution is 2.22. The van der Waals surface area contributed by atoms with Crippen LogP contribution in [0.25, 0.3) is 0 Å². The van der Waals surface area contributed by atoms with Gasteiger partial charge in [-0.15, -0.1) is 0 Å². The lowest BCUT2D eigenvalue weighted by molar-refractivity contribution is -0.140. The predicted molar refractivity (Wildman–Crippen MR) is 84.4 cm³/mol. The molecular weight excluding hydrogens is 361 g/mol. The molecule has 0 radical (unpaired) electrons. The molecule has 0 bridgehead atoms. The van der Waals surface area contributed by atoms with Crippen LogP contribution in [-0.2, 0) is 14.0 Å². The van der Waals surface area contributed by atoms with Gasteiger partial charge in [0.15, 0.2) is 0 Å². The molecule has 0 aliphatic carbocycles. The molecule has 0 unspecified atom stereocenters. The van der Waals surface area contributed by atoms with Gasteiger partial charge >= 0.3 is 5.97 Å². The number of carbonyl (C=O) groups is 2. The molecule has 0 spiro atoms. The third-order valence-corrected chi connectivity index (χ3v) is 8.43. The van der Waals surface area contributed by atoms with Crippen molar-refractivity contribution in [1.29, 1.82) is 0 Å². The second-order valence-corrected chi connectivity index (χ2v) is 10.2. The number of hydrogen-bond acceptors (Lipinski definition) is 3. The Hall–Kier alpha value is -0.113. The molecule has 0 fully saturated rings. The van der Waals surface area contributed by atoms with Gasteiger partial charge < -0.3 is 9.74 Å². The van der Waals surface area contributed by atoms with Crippen molar-refractivity contribution in [2.24, 2.45) is 0 Å². The molecule has 0 rings (SSSR count). The molecule has 0 aliphatic heterocycles. The summed E-state index contributed by atoms with van der Waals surface area (Å²) in [6, 6.07) is 2.31. The van der Waals surface area contributed by atoms with Crippen molar-refractivity contribution < 1.29 is 14.0 Å². The lowest BCUT2D eigenvalue weighted by Gasteiger charge is -2.29. The van der Waals surface area contributed by atoms with Crippen molar-refractivity contribution in [3.05, 3.63) is 0 Å². The molecule has 1 N–H and O–H groups in total. The Morgan fingerprint density at radius 3 is 2.06 bits per heavy atom. The first-order valence-electron chi connectivity index (χ1n) is 6.50. The van der Waals surface area contributed by atoms with E-state index in [4.69, 9.17) is 4.43 Å². The number of halogens is 1. The van der Waals surface area contributed by atoms with Crippen molar-refractivity contribution in [3.63, 3.8) is 0 Å². The highest BCUT2D eigenvalue weighted by Gasteiger charge is 2.35. The molecule has 0 saturated heterocycles. The third kappa shape index (κ3) is 5.68. The second kappa shape index (κ2) is 8.90. The van der Waals surface area contributed by atoms with Gasteiger partial charge in [-0.2, -0.15) is 0 Å². The minimum atomic E-state index is -1.93. The highest BCUT2D eigenvalue weighted by molar-refractivity contribution is 14.1. The number of nitrogens with one attached hydrogen (secondary N) is 1. The van der Waals surface area contributed by atoms with Crippen molar-refractivity contribution in [1.82, 2.24) is 5.32 Å². The number of alkyl halides is 1. The van der Waals surface area contributed by atoms with E-state index in [9.17, 15) is 9.59 Å². The summed E-state index contributed by atoms with van der Waals surface area (Å²) in [7, 11) is -1.93. The summed E-state index contributed by atoms with van der Waals surface area (Å²) in [4.78, 5) is 23.3. The first kappa shape index (κ1) is 17.9. The molecule has 0 aromatic rings. The summed E-state index contributed by atoms with van der Waals surface area (Å²) in [5, 5.41) is 2.68. The molecule has 0 aromatic carbocycles. The van der Waals surface area contributed by atoms with Gasteiger partial charge in [0.05, 0.1) is 0 Å². The van der Waals surface area contributed by atoms with Crippen LogP contribution in [-0.4, -0.2) is 30.7 Å². The summed E-state index contributed by atoms with van der Waals surface area (Å²) in [5.74, 6) is -0.433. The average Bonchev–Trinajstić information content (AvgIpc) is 2.35. The molecule has 1 atom stereocenters. The van der Waals surface area contributed by atoms with Crippen molar-refractivity contribution in [2.45, 2.75) is 58.3 Å². The van der Waals surface area contributed by atoms with Crippen molar-refractivity contribution in [3.8, 4) is 0 Å². The summed E-state index contributed by atoms with van der Waals surface area (Å²) < 4.78 is 6.60. The number of hydrogen-bond donors (Lipinski definition) is 1. The zero-order valence-electron chi connectivity index (χ0n) is 11.7. The van der Waals surface area contributed by atoms with Crippen LogP contribution in [0.4, 0.5) is 0 Å².